The lowest BCUT2D eigenvalue weighted by Gasteiger charge is -2.26. The molecule has 0 radical (unpaired) electrons. The molecule has 5 nitrogen and oxygen atoms in total. The van der Waals surface area contributed by atoms with Gasteiger partial charge in [0.25, 0.3) is 0 Å². The van der Waals surface area contributed by atoms with E-state index >= 15 is 0 Å². The highest BCUT2D eigenvalue weighted by atomic mass is 32.2. The molecule has 8 heteroatoms. The summed E-state index contributed by atoms with van der Waals surface area (Å²) in [6, 6.07) is 4.54. The van der Waals surface area contributed by atoms with Gasteiger partial charge in [-0.1, -0.05) is 6.07 Å². The summed E-state index contributed by atoms with van der Waals surface area (Å²) in [5, 5.41) is 5.13. The van der Waals surface area contributed by atoms with Gasteiger partial charge in [-0.3, -0.25) is 4.79 Å². The van der Waals surface area contributed by atoms with Gasteiger partial charge in [-0.15, -0.1) is 11.3 Å². The monoisotopic (exact) mass is 396 g/mol. The predicted octanol–water partition coefficient (Wildman–Crippen LogP) is 3.56. The molecule has 1 aromatic heterocycles. The van der Waals surface area contributed by atoms with Crippen molar-refractivity contribution in [1.82, 2.24) is 4.98 Å². The predicted molar refractivity (Wildman–Crippen MR) is 100 cm³/mol. The number of halogens is 1. The maximum Gasteiger partial charge on any atom is 0.233 e. The fourth-order valence-corrected chi connectivity index (χ4v) is 4.28. The summed E-state index contributed by atoms with van der Waals surface area (Å²) in [7, 11) is 0. The SMILES string of the molecule is C[S+]([O-])c1ccc(C(CC2CCOCC2)C(=O)Nc2nccs2)cc1F. The molecule has 1 fully saturated rings. The average Bonchev–Trinajstić information content (AvgIpc) is 3.13. The first-order valence-corrected chi connectivity index (χ1v) is 10.9. The van der Waals surface area contributed by atoms with Crippen molar-refractivity contribution in [3.05, 3.63) is 41.2 Å². The highest BCUT2D eigenvalue weighted by molar-refractivity contribution is 7.90. The van der Waals surface area contributed by atoms with E-state index in [0.29, 0.717) is 36.2 Å². The molecule has 1 N–H and O–H groups in total. The molecule has 2 heterocycles. The first-order valence-electron chi connectivity index (χ1n) is 8.45. The third-order valence-electron chi connectivity index (χ3n) is 4.56. The van der Waals surface area contributed by atoms with Gasteiger partial charge in [0, 0.05) is 24.8 Å². The zero-order chi connectivity index (χ0) is 18.5. The third-order valence-corrected chi connectivity index (χ3v) is 6.20. The van der Waals surface area contributed by atoms with Crippen LogP contribution in [0.4, 0.5) is 9.52 Å². The fourth-order valence-electron chi connectivity index (χ4n) is 3.15. The number of hydrogen-bond donors (Lipinski definition) is 1. The number of amides is 1. The number of nitrogens with one attached hydrogen (secondary N) is 1. The van der Waals surface area contributed by atoms with Crippen molar-refractivity contribution in [1.29, 1.82) is 0 Å². The summed E-state index contributed by atoms with van der Waals surface area (Å²) < 4.78 is 31.3. The van der Waals surface area contributed by atoms with Gasteiger partial charge in [-0.2, -0.15) is 0 Å². The molecule has 1 aliphatic heterocycles. The number of nitrogens with zero attached hydrogens (tertiary/aromatic N) is 1. The van der Waals surface area contributed by atoms with Crippen LogP contribution in [0.3, 0.4) is 0 Å². The van der Waals surface area contributed by atoms with E-state index in [1.54, 1.807) is 17.6 Å². The summed E-state index contributed by atoms with van der Waals surface area (Å²) in [5.74, 6) is -0.881. The number of ether oxygens (including phenoxy) is 1. The second kappa shape index (κ2) is 8.94. The molecular formula is C18H21FN2O3S2. The molecule has 2 atom stereocenters. The topological polar surface area (TPSA) is 74.3 Å². The molecule has 0 aliphatic carbocycles. The number of anilines is 1. The van der Waals surface area contributed by atoms with Crippen molar-refractivity contribution in [3.8, 4) is 0 Å². The Labute approximate surface area is 159 Å². The molecule has 2 unspecified atom stereocenters. The zero-order valence-corrected chi connectivity index (χ0v) is 16.1. The highest BCUT2D eigenvalue weighted by Gasteiger charge is 2.28. The van der Waals surface area contributed by atoms with E-state index in [2.05, 4.69) is 10.3 Å². The molecule has 1 aromatic carbocycles. The van der Waals surface area contributed by atoms with Gasteiger partial charge in [0.15, 0.2) is 15.8 Å². The van der Waals surface area contributed by atoms with Gasteiger partial charge in [-0.05, 0) is 54.1 Å². The van der Waals surface area contributed by atoms with Crippen molar-refractivity contribution in [2.24, 2.45) is 5.92 Å². The van der Waals surface area contributed by atoms with Gasteiger partial charge in [0.1, 0.15) is 6.26 Å². The van der Waals surface area contributed by atoms with Crippen molar-refractivity contribution >= 4 is 33.6 Å². The van der Waals surface area contributed by atoms with E-state index in [-0.39, 0.29) is 10.8 Å². The Balaban J connectivity index is 1.83. The third kappa shape index (κ3) is 4.82. The lowest BCUT2D eigenvalue weighted by atomic mass is 9.84. The Morgan fingerprint density at radius 3 is 2.88 bits per heavy atom. The Morgan fingerprint density at radius 2 is 2.27 bits per heavy atom. The van der Waals surface area contributed by atoms with Crippen molar-refractivity contribution < 1.29 is 18.5 Å². The van der Waals surface area contributed by atoms with E-state index < -0.39 is 22.9 Å². The molecular weight excluding hydrogens is 375 g/mol. The Hall–Kier alpha value is -1.48. The summed E-state index contributed by atoms with van der Waals surface area (Å²) in [5.41, 5.74) is 0.595. The number of thiazole rings is 1. The highest BCUT2D eigenvalue weighted by Crippen LogP contribution is 2.32. The van der Waals surface area contributed by atoms with Crippen LogP contribution in [0.25, 0.3) is 0 Å². The maximum atomic E-state index is 14.3. The van der Waals surface area contributed by atoms with Gasteiger partial charge in [0.2, 0.25) is 5.91 Å². The second-order valence-electron chi connectivity index (χ2n) is 6.31. The molecule has 3 rings (SSSR count). The zero-order valence-electron chi connectivity index (χ0n) is 14.4. The van der Waals surface area contributed by atoms with Crippen LogP contribution in [-0.2, 0) is 20.7 Å². The lowest BCUT2D eigenvalue weighted by molar-refractivity contribution is -0.118. The smallest absolute Gasteiger partial charge is 0.233 e. The number of benzene rings is 1. The number of aromatic nitrogens is 1. The van der Waals surface area contributed by atoms with Crippen LogP contribution >= 0.6 is 11.3 Å². The molecule has 0 saturated carbocycles. The summed E-state index contributed by atoms with van der Waals surface area (Å²) >= 11 is -0.0634. The number of carbonyl (C=O) groups excluding carboxylic acids is 1. The number of hydrogen-bond acceptors (Lipinski definition) is 5. The van der Waals surface area contributed by atoms with Crippen LogP contribution < -0.4 is 5.32 Å². The van der Waals surface area contributed by atoms with Crippen LogP contribution in [0, 0.1) is 11.7 Å². The Morgan fingerprint density at radius 1 is 1.50 bits per heavy atom. The quantitative estimate of drug-likeness (QED) is 0.758. The van der Waals surface area contributed by atoms with Gasteiger partial charge < -0.3 is 14.6 Å². The molecule has 1 amide bonds. The molecule has 26 heavy (non-hydrogen) atoms. The molecule has 2 aromatic rings. The molecule has 0 spiro atoms. The summed E-state index contributed by atoms with van der Waals surface area (Å²) in [6.07, 6.45) is 5.46. The van der Waals surface area contributed by atoms with E-state index in [1.165, 1.54) is 29.7 Å². The summed E-state index contributed by atoms with van der Waals surface area (Å²) in [6.45, 7) is 1.38. The first kappa shape index (κ1) is 19.3. The van der Waals surface area contributed by atoms with Crippen molar-refractivity contribution in [2.75, 3.05) is 24.8 Å². The van der Waals surface area contributed by atoms with Crippen LogP contribution in [0.1, 0.15) is 30.7 Å². The van der Waals surface area contributed by atoms with E-state index in [0.717, 1.165) is 12.8 Å². The first-order chi connectivity index (χ1) is 12.5. The minimum Gasteiger partial charge on any atom is -0.612 e. The Kier molecular flexibility index (Phi) is 6.63. The number of carbonyl (C=O) groups is 1. The van der Waals surface area contributed by atoms with E-state index in [9.17, 15) is 13.7 Å². The maximum absolute atomic E-state index is 14.3. The van der Waals surface area contributed by atoms with Crippen LogP contribution in [0.15, 0.2) is 34.7 Å². The molecule has 1 aliphatic rings. The van der Waals surface area contributed by atoms with Crippen molar-refractivity contribution in [2.45, 2.75) is 30.1 Å². The van der Waals surface area contributed by atoms with E-state index in [1.807, 2.05) is 0 Å². The molecule has 0 bridgehead atoms. The van der Waals surface area contributed by atoms with Crippen LogP contribution in [0.5, 0.6) is 0 Å². The second-order valence-corrected chi connectivity index (χ2v) is 8.56. The summed E-state index contributed by atoms with van der Waals surface area (Å²) in [4.78, 5) is 17.1. The largest absolute Gasteiger partial charge is 0.612 e. The fraction of sp³-hybridized carbons (Fsp3) is 0.444. The minimum absolute atomic E-state index is 0.152. The Bertz CT molecular complexity index is 734. The lowest BCUT2D eigenvalue weighted by Crippen LogP contribution is -2.26. The normalized spacial score (nSPS) is 17.7. The van der Waals surface area contributed by atoms with E-state index in [4.69, 9.17) is 4.74 Å². The van der Waals surface area contributed by atoms with Crippen LogP contribution in [-0.4, -0.2) is 34.9 Å². The van der Waals surface area contributed by atoms with Gasteiger partial charge >= 0.3 is 0 Å². The molecule has 1 saturated heterocycles. The minimum atomic E-state index is -1.41. The number of rotatable bonds is 6. The van der Waals surface area contributed by atoms with Gasteiger partial charge in [0.05, 0.1) is 5.92 Å². The van der Waals surface area contributed by atoms with Crippen LogP contribution in [0.2, 0.25) is 0 Å². The van der Waals surface area contributed by atoms with Crippen molar-refractivity contribution in [3.63, 3.8) is 0 Å². The van der Waals surface area contributed by atoms with Gasteiger partial charge in [-0.25, -0.2) is 9.37 Å². The average molecular weight is 397 g/mol. The standard InChI is InChI=1S/C18H21FN2O3S2/c1-26(23)16-3-2-13(11-15(16)19)14(10-12-4-7-24-8-5-12)17(22)21-18-20-6-9-25-18/h2-3,6,9,11-12,14H,4-5,7-8,10H2,1H3,(H,20,21,22). The molecule has 140 valence electrons.